The Morgan fingerprint density at radius 3 is 2.79 bits per heavy atom. The molecule has 0 unspecified atom stereocenters. The fourth-order valence-electron chi connectivity index (χ4n) is 2.42. The van der Waals surface area contributed by atoms with Crippen LogP contribution < -0.4 is 15.8 Å². The van der Waals surface area contributed by atoms with Gasteiger partial charge in [-0.15, -0.1) is 0 Å². The molecule has 0 aliphatic carbocycles. The fourth-order valence-corrected chi connectivity index (χ4v) is 2.42. The summed E-state index contributed by atoms with van der Waals surface area (Å²) in [7, 11) is 3.77. The lowest BCUT2D eigenvalue weighted by molar-refractivity contribution is 0.0940. The summed E-state index contributed by atoms with van der Waals surface area (Å²) in [6.07, 6.45) is 1.70. The Balaban J connectivity index is 1.82. The Hall–Kier alpha value is -3.22. The lowest BCUT2D eigenvalue weighted by Crippen LogP contribution is -2.28. The monoisotopic (exact) mass is 323 g/mol. The van der Waals surface area contributed by atoms with Crippen LogP contribution in [0.3, 0.4) is 0 Å². The summed E-state index contributed by atoms with van der Waals surface area (Å²) < 4.78 is 0. The van der Waals surface area contributed by atoms with Crippen molar-refractivity contribution in [2.24, 2.45) is 0 Å². The van der Waals surface area contributed by atoms with E-state index in [9.17, 15) is 9.59 Å². The molecular weight excluding hydrogens is 306 g/mol. The maximum atomic E-state index is 12.3. The van der Waals surface area contributed by atoms with Crippen LogP contribution >= 0.6 is 0 Å². The number of para-hydroxylation sites is 1. The molecule has 3 aromatic rings. The normalized spacial score (nSPS) is 10.6. The lowest BCUT2D eigenvalue weighted by atomic mass is 10.2. The number of carbonyl (C=O) groups excluding carboxylic acids is 1. The van der Waals surface area contributed by atoms with Crippen LogP contribution in [0.4, 0.5) is 5.82 Å². The Bertz CT molecular complexity index is 949. The Labute approximate surface area is 138 Å². The van der Waals surface area contributed by atoms with Crippen molar-refractivity contribution in [2.75, 3.05) is 19.0 Å². The molecule has 3 rings (SSSR count). The maximum absolute atomic E-state index is 12.3. The molecule has 0 radical (unpaired) electrons. The molecule has 0 saturated carbocycles. The summed E-state index contributed by atoms with van der Waals surface area (Å²) >= 11 is 0. The molecule has 7 heteroatoms. The number of fused-ring (bicyclic) bond motifs is 1. The predicted molar refractivity (Wildman–Crippen MR) is 92.1 cm³/mol. The molecule has 0 aliphatic heterocycles. The summed E-state index contributed by atoms with van der Waals surface area (Å²) in [6, 6.07) is 10.6. The van der Waals surface area contributed by atoms with Crippen LogP contribution in [0.25, 0.3) is 10.9 Å². The maximum Gasteiger partial charge on any atom is 0.287 e. The third-order valence-corrected chi connectivity index (χ3v) is 3.56. The minimum Gasteiger partial charge on any atom is -0.362 e. The van der Waals surface area contributed by atoms with Crippen LogP contribution in [-0.4, -0.2) is 35.0 Å². The second-order valence-electron chi connectivity index (χ2n) is 5.49. The second kappa shape index (κ2) is 6.49. The number of nitrogens with one attached hydrogen (secondary N) is 2. The van der Waals surface area contributed by atoms with Gasteiger partial charge in [-0.2, -0.15) is 0 Å². The zero-order valence-electron chi connectivity index (χ0n) is 13.4. The third-order valence-electron chi connectivity index (χ3n) is 3.56. The molecule has 2 heterocycles. The van der Waals surface area contributed by atoms with E-state index in [-0.39, 0.29) is 17.9 Å². The molecule has 0 spiro atoms. The highest BCUT2D eigenvalue weighted by atomic mass is 16.2. The van der Waals surface area contributed by atoms with Crippen molar-refractivity contribution < 1.29 is 4.79 Å². The van der Waals surface area contributed by atoms with Crippen LogP contribution in [0, 0.1) is 0 Å². The Morgan fingerprint density at radius 1 is 1.21 bits per heavy atom. The number of hydrogen-bond acceptors (Lipinski definition) is 5. The third kappa shape index (κ3) is 3.10. The number of aromatic amines is 1. The van der Waals surface area contributed by atoms with Gasteiger partial charge in [0.05, 0.1) is 10.9 Å². The van der Waals surface area contributed by atoms with Crippen LogP contribution in [0.5, 0.6) is 0 Å². The SMILES string of the molecule is CN(C)c1ncccc1CNC(=O)c1nc2ccccc2c(=O)[nH]1. The van der Waals surface area contributed by atoms with Gasteiger partial charge >= 0.3 is 0 Å². The standard InChI is InChI=1S/C17H17N5O2/c1-22(2)15-11(6-5-9-18-15)10-19-17(24)14-20-13-8-4-3-7-12(13)16(23)21-14/h3-9H,10H2,1-2H3,(H,19,24)(H,20,21,23). The van der Waals surface area contributed by atoms with E-state index in [1.54, 1.807) is 30.5 Å². The lowest BCUT2D eigenvalue weighted by Gasteiger charge is -2.16. The van der Waals surface area contributed by atoms with Gasteiger partial charge in [0.25, 0.3) is 11.5 Å². The first kappa shape index (κ1) is 15.7. The molecule has 1 amide bonds. The molecule has 2 aromatic heterocycles. The van der Waals surface area contributed by atoms with Gasteiger partial charge in [0.2, 0.25) is 0 Å². The minimum absolute atomic E-state index is 0.00556. The number of amides is 1. The first-order valence-electron chi connectivity index (χ1n) is 7.45. The van der Waals surface area contributed by atoms with Crippen molar-refractivity contribution in [3.8, 4) is 0 Å². The van der Waals surface area contributed by atoms with E-state index in [1.807, 2.05) is 31.1 Å². The average molecular weight is 323 g/mol. The van der Waals surface area contributed by atoms with Gasteiger partial charge in [-0.3, -0.25) is 9.59 Å². The number of rotatable bonds is 4. The molecule has 0 aliphatic rings. The van der Waals surface area contributed by atoms with Gasteiger partial charge in [-0.25, -0.2) is 9.97 Å². The van der Waals surface area contributed by atoms with E-state index in [2.05, 4.69) is 20.3 Å². The first-order valence-corrected chi connectivity index (χ1v) is 7.45. The van der Waals surface area contributed by atoms with E-state index in [1.165, 1.54) is 0 Å². The smallest absolute Gasteiger partial charge is 0.287 e. The average Bonchev–Trinajstić information content (AvgIpc) is 2.59. The molecular formula is C17H17N5O2. The number of anilines is 1. The van der Waals surface area contributed by atoms with Crippen molar-refractivity contribution in [1.82, 2.24) is 20.3 Å². The van der Waals surface area contributed by atoms with Crippen LogP contribution in [0.1, 0.15) is 16.2 Å². The van der Waals surface area contributed by atoms with E-state index >= 15 is 0 Å². The molecule has 0 fully saturated rings. The van der Waals surface area contributed by atoms with Gasteiger partial charge in [-0.05, 0) is 18.2 Å². The predicted octanol–water partition coefficient (Wildman–Crippen LogP) is 1.31. The number of nitrogens with zero attached hydrogens (tertiary/aromatic N) is 3. The van der Waals surface area contributed by atoms with Gasteiger partial charge < -0.3 is 15.2 Å². The quantitative estimate of drug-likeness (QED) is 0.755. The Morgan fingerprint density at radius 2 is 2.00 bits per heavy atom. The number of H-pyrrole nitrogens is 1. The van der Waals surface area contributed by atoms with Crippen molar-refractivity contribution in [2.45, 2.75) is 6.54 Å². The highest BCUT2D eigenvalue weighted by molar-refractivity contribution is 5.92. The zero-order valence-corrected chi connectivity index (χ0v) is 13.4. The fraction of sp³-hybridized carbons (Fsp3) is 0.176. The number of benzene rings is 1. The van der Waals surface area contributed by atoms with E-state index in [0.717, 1.165) is 11.4 Å². The minimum atomic E-state index is -0.439. The van der Waals surface area contributed by atoms with E-state index in [0.29, 0.717) is 10.9 Å². The summed E-state index contributed by atoms with van der Waals surface area (Å²) in [4.78, 5) is 37.2. The topological polar surface area (TPSA) is 91.0 Å². The highest BCUT2D eigenvalue weighted by Gasteiger charge is 2.12. The van der Waals surface area contributed by atoms with Gasteiger partial charge in [0, 0.05) is 32.4 Å². The molecule has 0 bridgehead atoms. The van der Waals surface area contributed by atoms with Crippen LogP contribution in [0.2, 0.25) is 0 Å². The molecule has 7 nitrogen and oxygen atoms in total. The molecule has 122 valence electrons. The largest absolute Gasteiger partial charge is 0.362 e. The number of aromatic nitrogens is 3. The number of carbonyl (C=O) groups is 1. The highest BCUT2D eigenvalue weighted by Crippen LogP contribution is 2.14. The summed E-state index contributed by atoms with van der Waals surface area (Å²) in [5.74, 6) is 0.332. The van der Waals surface area contributed by atoms with Crippen molar-refractivity contribution in [3.05, 3.63) is 64.3 Å². The van der Waals surface area contributed by atoms with Crippen LogP contribution in [0.15, 0.2) is 47.4 Å². The molecule has 0 saturated heterocycles. The van der Waals surface area contributed by atoms with Gasteiger partial charge in [-0.1, -0.05) is 18.2 Å². The van der Waals surface area contributed by atoms with Gasteiger partial charge in [0.15, 0.2) is 5.82 Å². The van der Waals surface area contributed by atoms with Gasteiger partial charge in [0.1, 0.15) is 5.82 Å². The zero-order chi connectivity index (χ0) is 17.1. The first-order chi connectivity index (χ1) is 11.6. The van der Waals surface area contributed by atoms with E-state index < -0.39 is 5.91 Å². The molecule has 2 N–H and O–H groups in total. The van der Waals surface area contributed by atoms with E-state index in [4.69, 9.17) is 0 Å². The van der Waals surface area contributed by atoms with Crippen LogP contribution in [-0.2, 0) is 6.54 Å². The Kier molecular flexibility index (Phi) is 4.24. The molecule has 0 atom stereocenters. The second-order valence-corrected chi connectivity index (χ2v) is 5.49. The summed E-state index contributed by atoms with van der Waals surface area (Å²) in [5.41, 5.74) is 1.03. The van der Waals surface area contributed by atoms with Crippen molar-refractivity contribution in [1.29, 1.82) is 0 Å². The number of pyridine rings is 1. The number of hydrogen-bond donors (Lipinski definition) is 2. The summed E-state index contributed by atoms with van der Waals surface area (Å²) in [6.45, 7) is 0.288. The molecule has 1 aromatic carbocycles. The van der Waals surface area contributed by atoms with Crippen molar-refractivity contribution >= 4 is 22.6 Å². The molecule has 24 heavy (non-hydrogen) atoms. The van der Waals surface area contributed by atoms with Crippen molar-refractivity contribution in [3.63, 3.8) is 0 Å². The summed E-state index contributed by atoms with van der Waals surface area (Å²) in [5, 5.41) is 3.22.